The van der Waals surface area contributed by atoms with Crippen LogP contribution in [-0.4, -0.2) is 15.2 Å². The zero-order chi connectivity index (χ0) is 14.1. The average Bonchev–Trinajstić information content (AvgIpc) is 2.84. The number of hydrogen-bond acceptors (Lipinski definition) is 3. The van der Waals surface area contributed by atoms with Crippen molar-refractivity contribution in [2.45, 2.75) is 13.8 Å². The highest BCUT2D eigenvalue weighted by Crippen LogP contribution is 2.35. The molecule has 3 rings (SSSR count). The third-order valence-electron chi connectivity index (χ3n) is 3.38. The van der Waals surface area contributed by atoms with Crippen molar-refractivity contribution in [3.63, 3.8) is 0 Å². The van der Waals surface area contributed by atoms with Crippen LogP contribution in [0, 0.1) is 13.8 Å². The highest BCUT2D eigenvalue weighted by atomic mass is 15.2. The van der Waals surface area contributed by atoms with Gasteiger partial charge in [-0.25, -0.2) is 0 Å². The van der Waals surface area contributed by atoms with Crippen LogP contribution in [0.5, 0.6) is 0 Å². The second-order valence-electron chi connectivity index (χ2n) is 4.89. The van der Waals surface area contributed by atoms with Crippen molar-refractivity contribution in [2.75, 3.05) is 5.73 Å². The molecule has 3 aromatic rings. The lowest BCUT2D eigenvalue weighted by atomic mass is 9.98. The van der Waals surface area contributed by atoms with E-state index in [0.29, 0.717) is 5.82 Å². The smallest absolute Gasteiger partial charge is 0.155 e. The lowest BCUT2D eigenvalue weighted by molar-refractivity contribution is 1.10. The van der Waals surface area contributed by atoms with E-state index in [9.17, 15) is 0 Å². The van der Waals surface area contributed by atoms with Gasteiger partial charge in [0.25, 0.3) is 0 Å². The fraction of sp³-hybridized carbons (Fsp3) is 0.125. The molecule has 0 saturated carbocycles. The van der Waals surface area contributed by atoms with Gasteiger partial charge in [0, 0.05) is 11.8 Å². The van der Waals surface area contributed by atoms with Gasteiger partial charge in [-0.1, -0.05) is 23.8 Å². The second kappa shape index (κ2) is 4.81. The maximum Gasteiger partial charge on any atom is 0.155 e. The van der Waals surface area contributed by atoms with Crippen LogP contribution in [0.1, 0.15) is 11.1 Å². The second-order valence-corrected chi connectivity index (χ2v) is 4.89. The first-order valence-electron chi connectivity index (χ1n) is 6.49. The number of nitrogens with one attached hydrogen (secondary N) is 1. The van der Waals surface area contributed by atoms with Crippen molar-refractivity contribution >= 4 is 5.82 Å². The van der Waals surface area contributed by atoms with Gasteiger partial charge in [-0.15, -0.1) is 0 Å². The van der Waals surface area contributed by atoms with Gasteiger partial charge in [0.2, 0.25) is 0 Å². The van der Waals surface area contributed by atoms with Gasteiger partial charge in [-0.3, -0.25) is 10.1 Å². The largest absolute Gasteiger partial charge is 0.382 e. The van der Waals surface area contributed by atoms with Crippen molar-refractivity contribution in [3.8, 4) is 22.5 Å². The fourth-order valence-electron chi connectivity index (χ4n) is 2.33. The quantitative estimate of drug-likeness (QED) is 0.746. The summed E-state index contributed by atoms with van der Waals surface area (Å²) in [5, 5.41) is 7.19. The van der Waals surface area contributed by atoms with E-state index in [1.807, 2.05) is 18.2 Å². The summed E-state index contributed by atoms with van der Waals surface area (Å²) in [6.45, 7) is 4.15. The SMILES string of the molecule is Cc1ccc(C)c(-c2[nH]nc(N)c2-c2ccccn2)c1. The van der Waals surface area contributed by atoms with Crippen LogP contribution in [0.25, 0.3) is 22.5 Å². The van der Waals surface area contributed by atoms with Gasteiger partial charge in [0.05, 0.1) is 17.0 Å². The number of benzene rings is 1. The Morgan fingerprint density at radius 3 is 2.70 bits per heavy atom. The molecule has 20 heavy (non-hydrogen) atoms. The molecule has 1 aromatic carbocycles. The van der Waals surface area contributed by atoms with Crippen molar-refractivity contribution in [2.24, 2.45) is 0 Å². The Bertz CT molecular complexity index is 744. The minimum absolute atomic E-state index is 0.472. The van der Waals surface area contributed by atoms with Gasteiger partial charge in [0.1, 0.15) is 0 Å². The van der Waals surface area contributed by atoms with Crippen LogP contribution in [0.3, 0.4) is 0 Å². The van der Waals surface area contributed by atoms with E-state index in [0.717, 1.165) is 22.5 Å². The molecule has 0 spiro atoms. The summed E-state index contributed by atoms with van der Waals surface area (Å²) in [6, 6.07) is 12.1. The van der Waals surface area contributed by atoms with Gasteiger partial charge >= 0.3 is 0 Å². The van der Waals surface area contributed by atoms with Gasteiger partial charge in [-0.05, 0) is 37.6 Å². The molecule has 0 bridgehead atoms. The molecule has 2 aromatic heterocycles. The molecule has 0 fully saturated rings. The van der Waals surface area contributed by atoms with E-state index in [1.54, 1.807) is 6.20 Å². The predicted molar refractivity (Wildman–Crippen MR) is 81.1 cm³/mol. The summed E-state index contributed by atoms with van der Waals surface area (Å²) in [6.07, 6.45) is 1.76. The number of H-pyrrole nitrogens is 1. The molecule has 4 heteroatoms. The third-order valence-corrected chi connectivity index (χ3v) is 3.38. The minimum Gasteiger partial charge on any atom is -0.382 e. The molecule has 0 amide bonds. The molecule has 0 unspecified atom stereocenters. The zero-order valence-corrected chi connectivity index (χ0v) is 11.5. The first kappa shape index (κ1) is 12.4. The standard InChI is InChI=1S/C16H16N4/c1-10-6-7-11(2)12(9-10)15-14(16(17)20-19-15)13-5-3-4-8-18-13/h3-9H,1-2H3,(H3,17,19,20). The number of nitrogens with two attached hydrogens (primary N) is 1. The Morgan fingerprint density at radius 2 is 1.95 bits per heavy atom. The van der Waals surface area contributed by atoms with E-state index in [1.165, 1.54) is 11.1 Å². The van der Waals surface area contributed by atoms with Gasteiger partial charge in [-0.2, -0.15) is 5.10 Å². The monoisotopic (exact) mass is 264 g/mol. The van der Waals surface area contributed by atoms with Crippen molar-refractivity contribution in [1.29, 1.82) is 0 Å². The van der Waals surface area contributed by atoms with Gasteiger partial charge in [0.15, 0.2) is 5.82 Å². The van der Waals surface area contributed by atoms with Crippen LogP contribution in [0.4, 0.5) is 5.82 Å². The number of hydrogen-bond donors (Lipinski definition) is 2. The average molecular weight is 264 g/mol. The maximum absolute atomic E-state index is 6.02. The van der Waals surface area contributed by atoms with Crippen LogP contribution < -0.4 is 5.73 Å². The number of aryl methyl sites for hydroxylation is 2. The first-order chi connectivity index (χ1) is 9.66. The summed E-state index contributed by atoms with van der Waals surface area (Å²) in [5.41, 5.74) is 12.1. The number of nitrogens with zero attached hydrogens (tertiary/aromatic N) is 2. The lowest BCUT2D eigenvalue weighted by Crippen LogP contribution is -1.92. The molecule has 100 valence electrons. The van der Waals surface area contributed by atoms with Gasteiger partial charge < -0.3 is 5.73 Å². The molecule has 0 radical (unpaired) electrons. The van der Waals surface area contributed by atoms with Crippen molar-refractivity contribution in [1.82, 2.24) is 15.2 Å². The molecule has 2 heterocycles. The molecule has 0 atom stereocenters. The minimum atomic E-state index is 0.472. The van der Waals surface area contributed by atoms with Crippen molar-refractivity contribution < 1.29 is 0 Å². The van der Waals surface area contributed by atoms with E-state index in [-0.39, 0.29) is 0 Å². The summed E-state index contributed by atoms with van der Waals surface area (Å²) in [4.78, 5) is 4.38. The molecular weight excluding hydrogens is 248 g/mol. The van der Waals surface area contributed by atoms with Crippen LogP contribution in [-0.2, 0) is 0 Å². The van der Waals surface area contributed by atoms with E-state index in [2.05, 4.69) is 47.2 Å². The molecule has 0 aliphatic heterocycles. The number of nitrogen functional groups attached to an aromatic ring is 1. The molecule has 0 aliphatic carbocycles. The lowest BCUT2D eigenvalue weighted by Gasteiger charge is -2.08. The third kappa shape index (κ3) is 2.05. The summed E-state index contributed by atoms with van der Waals surface area (Å²) < 4.78 is 0. The van der Waals surface area contributed by atoms with Crippen LogP contribution >= 0.6 is 0 Å². The highest BCUT2D eigenvalue weighted by molar-refractivity contribution is 5.87. The topological polar surface area (TPSA) is 67.6 Å². The van der Waals surface area contributed by atoms with E-state index >= 15 is 0 Å². The van der Waals surface area contributed by atoms with E-state index in [4.69, 9.17) is 5.73 Å². The Hall–Kier alpha value is -2.62. The Morgan fingerprint density at radius 1 is 1.10 bits per heavy atom. The predicted octanol–water partition coefficient (Wildman–Crippen LogP) is 3.34. The fourth-order valence-corrected chi connectivity index (χ4v) is 2.33. The molecule has 0 saturated heterocycles. The normalized spacial score (nSPS) is 10.7. The Balaban J connectivity index is 2.24. The number of anilines is 1. The molecule has 0 aliphatic rings. The first-order valence-corrected chi connectivity index (χ1v) is 6.49. The number of rotatable bonds is 2. The highest BCUT2D eigenvalue weighted by Gasteiger charge is 2.16. The molecule has 4 nitrogen and oxygen atoms in total. The van der Waals surface area contributed by atoms with Crippen molar-refractivity contribution in [3.05, 3.63) is 53.7 Å². The molecule has 3 N–H and O–H groups in total. The zero-order valence-electron chi connectivity index (χ0n) is 11.5. The summed E-state index contributed by atoms with van der Waals surface area (Å²) >= 11 is 0. The number of pyridine rings is 1. The number of aromatic nitrogens is 3. The van der Waals surface area contributed by atoms with E-state index < -0.39 is 0 Å². The van der Waals surface area contributed by atoms with Crippen LogP contribution in [0.15, 0.2) is 42.6 Å². The Labute approximate surface area is 117 Å². The Kier molecular flexibility index (Phi) is 2.99. The summed E-state index contributed by atoms with van der Waals surface area (Å²) in [7, 11) is 0. The maximum atomic E-state index is 6.02. The van der Waals surface area contributed by atoms with Crippen LogP contribution in [0.2, 0.25) is 0 Å². The summed E-state index contributed by atoms with van der Waals surface area (Å²) in [5.74, 6) is 0.472. The number of aromatic amines is 1. The molecular formula is C16H16N4.